The molecular weight excluding hydrogens is 202 g/mol. The highest BCUT2D eigenvalue weighted by Crippen LogP contribution is 2.27. The Morgan fingerprint density at radius 2 is 2.00 bits per heavy atom. The predicted molar refractivity (Wildman–Crippen MR) is 68.5 cm³/mol. The number of nitrogens with zero attached hydrogens (tertiary/aromatic N) is 1. The van der Waals surface area contributed by atoms with E-state index in [9.17, 15) is 0 Å². The first-order valence-electron chi connectivity index (χ1n) is 6.27. The molecule has 0 amide bonds. The lowest BCUT2D eigenvalue weighted by Gasteiger charge is -2.11. The number of unbranched alkanes of at least 4 members (excludes halogenated alkanes) is 4. The van der Waals surface area contributed by atoms with Gasteiger partial charge < -0.3 is 0 Å². The van der Waals surface area contributed by atoms with E-state index in [1.54, 1.807) is 0 Å². The average molecular weight is 225 g/mol. The quantitative estimate of drug-likeness (QED) is 0.567. The fourth-order valence-electron chi connectivity index (χ4n) is 1.93. The van der Waals surface area contributed by atoms with Gasteiger partial charge in [-0.15, -0.1) is 11.3 Å². The molecule has 1 unspecified atom stereocenters. The number of hydrogen-bond acceptors (Lipinski definition) is 2. The summed E-state index contributed by atoms with van der Waals surface area (Å²) in [5, 5.41) is 3.43. The Kier molecular flexibility index (Phi) is 6.66. The van der Waals surface area contributed by atoms with Crippen LogP contribution in [0.25, 0.3) is 0 Å². The highest BCUT2D eigenvalue weighted by Gasteiger charge is 2.10. The van der Waals surface area contributed by atoms with Gasteiger partial charge in [-0.05, 0) is 12.8 Å². The summed E-state index contributed by atoms with van der Waals surface area (Å²) >= 11 is 1.81. The molecule has 0 spiro atoms. The van der Waals surface area contributed by atoms with Crippen LogP contribution in [0.2, 0.25) is 0 Å². The predicted octanol–water partition coefficient (Wildman–Crippen LogP) is 5.00. The molecule has 0 aliphatic heterocycles. The average Bonchev–Trinajstić information content (AvgIpc) is 2.77. The molecule has 86 valence electrons. The van der Waals surface area contributed by atoms with Crippen LogP contribution in [0.15, 0.2) is 11.6 Å². The van der Waals surface area contributed by atoms with E-state index in [1.807, 2.05) is 17.5 Å². The normalized spacial score (nSPS) is 12.9. The van der Waals surface area contributed by atoms with E-state index in [-0.39, 0.29) is 0 Å². The zero-order valence-electron chi connectivity index (χ0n) is 10.0. The lowest BCUT2D eigenvalue weighted by atomic mass is 9.99. The van der Waals surface area contributed by atoms with Crippen LogP contribution in [-0.4, -0.2) is 4.98 Å². The fraction of sp³-hybridized carbons (Fsp3) is 0.769. The van der Waals surface area contributed by atoms with Crippen LogP contribution in [-0.2, 0) is 0 Å². The lowest BCUT2D eigenvalue weighted by Crippen LogP contribution is -1.96. The Morgan fingerprint density at radius 1 is 1.20 bits per heavy atom. The highest BCUT2D eigenvalue weighted by atomic mass is 32.1. The molecule has 0 fully saturated rings. The lowest BCUT2D eigenvalue weighted by molar-refractivity contribution is 0.533. The van der Waals surface area contributed by atoms with Crippen molar-refractivity contribution in [3.05, 3.63) is 16.6 Å². The largest absolute Gasteiger partial charge is 0.249 e. The van der Waals surface area contributed by atoms with E-state index in [2.05, 4.69) is 24.2 Å². The zero-order valence-corrected chi connectivity index (χ0v) is 10.9. The Morgan fingerprint density at radius 3 is 2.60 bits per heavy atom. The summed E-state index contributed by atoms with van der Waals surface area (Å²) < 4.78 is 0. The van der Waals surface area contributed by atoms with E-state index in [4.69, 9.17) is 0 Å². The van der Waals surface area contributed by atoms with Crippen molar-refractivity contribution in [1.82, 2.24) is 4.98 Å². The third kappa shape index (κ3) is 4.78. The topological polar surface area (TPSA) is 12.9 Å². The second-order valence-electron chi connectivity index (χ2n) is 4.18. The van der Waals surface area contributed by atoms with Gasteiger partial charge in [0.1, 0.15) is 0 Å². The summed E-state index contributed by atoms with van der Waals surface area (Å²) in [7, 11) is 0. The molecule has 0 saturated heterocycles. The highest BCUT2D eigenvalue weighted by molar-refractivity contribution is 7.09. The molecule has 0 radical (unpaired) electrons. The van der Waals surface area contributed by atoms with Crippen LogP contribution in [0, 0.1) is 0 Å². The Balaban J connectivity index is 2.18. The molecule has 1 heterocycles. The minimum atomic E-state index is 0.714. The summed E-state index contributed by atoms with van der Waals surface area (Å²) in [4.78, 5) is 4.42. The van der Waals surface area contributed by atoms with Gasteiger partial charge in [-0.1, -0.05) is 46.0 Å². The van der Waals surface area contributed by atoms with Crippen molar-refractivity contribution in [1.29, 1.82) is 0 Å². The number of thiazole rings is 1. The molecule has 0 saturated carbocycles. The van der Waals surface area contributed by atoms with E-state index in [0.29, 0.717) is 5.92 Å². The number of rotatable bonds is 8. The maximum atomic E-state index is 4.42. The fourth-order valence-corrected chi connectivity index (χ4v) is 2.79. The first-order valence-corrected chi connectivity index (χ1v) is 7.15. The Hall–Kier alpha value is -0.370. The van der Waals surface area contributed by atoms with Gasteiger partial charge in [0.25, 0.3) is 0 Å². The van der Waals surface area contributed by atoms with Gasteiger partial charge in [0.2, 0.25) is 0 Å². The summed E-state index contributed by atoms with van der Waals surface area (Å²) in [5.41, 5.74) is 0. The minimum absolute atomic E-state index is 0.714. The molecule has 0 aromatic carbocycles. The molecule has 1 atom stereocenters. The molecule has 1 aromatic rings. The smallest absolute Gasteiger partial charge is 0.0955 e. The van der Waals surface area contributed by atoms with Gasteiger partial charge in [-0.2, -0.15) is 0 Å². The Labute approximate surface area is 97.9 Å². The summed E-state index contributed by atoms with van der Waals surface area (Å²) in [5.74, 6) is 0.714. The maximum absolute atomic E-state index is 4.42. The zero-order chi connectivity index (χ0) is 10.9. The second-order valence-corrected chi connectivity index (χ2v) is 5.10. The van der Waals surface area contributed by atoms with Crippen LogP contribution in [0.1, 0.15) is 69.7 Å². The second kappa shape index (κ2) is 7.86. The van der Waals surface area contributed by atoms with E-state index in [0.717, 1.165) is 0 Å². The number of aromatic nitrogens is 1. The first-order chi connectivity index (χ1) is 7.38. The SMILES string of the molecule is CCCCCCCC(CC)c1nccs1. The molecule has 1 rings (SSSR count). The monoisotopic (exact) mass is 225 g/mol. The molecule has 0 aliphatic carbocycles. The number of hydrogen-bond donors (Lipinski definition) is 0. The van der Waals surface area contributed by atoms with Crippen molar-refractivity contribution in [3.8, 4) is 0 Å². The van der Waals surface area contributed by atoms with Crippen molar-refractivity contribution in [2.24, 2.45) is 0 Å². The third-order valence-corrected chi connectivity index (χ3v) is 3.89. The van der Waals surface area contributed by atoms with Gasteiger partial charge in [0.05, 0.1) is 5.01 Å². The van der Waals surface area contributed by atoms with Crippen LogP contribution in [0.5, 0.6) is 0 Å². The van der Waals surface area contributed by atoms with Crippen molar-refractivity contribution >= 4 is 11.3 Å². The molecule has 15 heavy (non-hydrogen) atoms. The molecule has 2 heteroatoms. The van der Waals surface area contributed by atoms with Gasteiger partial charge in [-0.25, -0.2) is 4.98 Å². The Bertz CT molecular complexity index is 231. The molecule has 1 nitrogen and oxygen atoms in total. The van der Waals surface area contributed by atoms with Crippen LogP contribution >= 0.6 is 11.3 Å². The first kappa shape index (κ1) is 12.7. The van der Waals surface area contributed by atoms with E-state index in [1.165, 1.54) is 50.0 Å². The summed E-state index contributed by atoms with van der Waals surface area (Å²) in [6.45, 7) is 4.54. The summed E-state index contributed by atoms with van der Waals surface area (Å²) in [6, 6.07) is 0. The third-order valence-electron chi connectivity index (χ3n) is 2.95. The van der Waals surface area contributed by atoms with Gasteiger partial charge >= 0.3 is 0 Å². The molecule has 0 N–H and O–H groups in total. The van der Waals surface area contributed by atoms with Gasteiger partial charge in [-0.3, -0.25) is 0 Å². The molecule has 0 aliphatic rings. The minimum Gasteiger partial charge on any atom is -0.249 e. The van der Waals surface area contributed by atoms with E-state index < -0.39 is 0 Å². The van der Waals surface area contributed by atoms with Gasteiger partial charge in [0, 0.05) is 17.5 Å². The standard InChI is InChI=1S/C13H23NS/c1-3-5-6-7-8-9-12(4-2)13-14-10-11-15-13/h10-12H,3-9H2,1-2H3. The van der Waals surface area contributed by atoms with Crippen LogP contribution in [0.4, 0.5) is 0 Å². The molecule has 1 aromatic heterocycles. The van der Waals surface area contributed by atoms with Crippen LogP contribution in [0.3, 0.4) is 0 Å². The van der Waals surface area contributed by atoms with Gasteiger partial charge in [0.15, 0.2) is 0 Å². The van der Waals surface area contributed by atoms with Crippen LogP contribution < -0.4 is 0 Å². The van der Waals surface area contributed by atoms with Crippen molar-refractivity contribution < 1.29 is 0 Å². The summed E-state index contributed by atoms with van der Waals surface area (Å²) in [6.07, 6.45) is 11.4. The van der Waals surface area contributed by atoms with Crippen molar-refractivity contribution in [2.75, 3.05) is 0 Å². The molecule has 0 bridgehead atoms. The molecular formula is C13H23NS. The van der Waals surface area contributed by atoms with Crippen molar-refractivity contribution in [3.63, 3.8) is 0 Å². The maximum Gasteiger partial charge on any atom is 0.0955 e. The van der Waals surface area contributed by atoms with Crippen molar-refractivity contribution in [2.45, 2.75) is 64.7 Å². The van der Waals surface area contributed by atoms with E-state index >= 15 is 0 Å².